The molecule has 0 spiro atoms. The Kier molecular flexibility index (Phi) is 2.04. The van der Waals surface area contributed by atoms with Crippen molar-refractivity contribution in [3.05, 3.63) is 35.3 Å². The summed E-state index contributed by atoms with van der Waals surface area (Å²) in [6, 6.07) is 4.69. The first-order valence-electron chi connectivity index (χ1n) is 4.63. The molecule has 0 aliphatic heterocycles. The highest BCUT2D eigenvalue weighted by Crippen LogP contribution is 2.25. The fourth-order valence-corrected chi connectivity index (χ4v) is 1.79. The number of aromatic nitrogens is 1. The van der Waals surface area contributed by atoms with Crippen molar-refractivity contribution in [2.24, 2.45) is 5.73 Å². The lowest BCUT2D eigenvalue weighted by Gasteiger charge is -2.02. The predicted molar refractivity (Wildman–Crippen MR) is 55.6 cm³/mol. The lowest BCUT2D eigenvalue weighted by atomic mass is 10.1. The summed E-state index contributed by atoms with van der Waals surface area (Å²) in [5.74, 6) is -0.227. The Morgan fingerprint density at radius 3 is 2.79 bits per heavy atom. The zero-order valence-corrected chi connectivity index (χ0v) is 8.26. The molecule has 0 bridgehead atoms. The van der Waals surface area contributed by atoms with E-state index in [1.54, 1.807) is 6.07 Å². The van der Waals surface area contributed by atoms with E-state index in [1.807, 2.05) is 13.8 Å². The lowest BCUT2D eigenvalue weighted by molar-refractivity contribution is 0.629. The van der Waals surface area contributed by atoms with Gasteiger partial charge in [0.2, 0.25) is 0 Å². The summed E-state index contributed by atoms with van der Waals surface area (Å²) in [7, 11) is 0. The zero-order valence-electron chi connectivity index (χ0n) is 8.26. The molecule has 1 aromatic heterocycles. The molecule has 2 aromatic rings. The molecular formula is C11H13FN2. The first-order valence-corrected chi connectivity index (χ1v) is 4.63. The molecule has 3 N–H and O–H groups in total. The van der Waals surface area contributed by atoms with Gasteiger partial charge in [-0.3, -0.25) is 0 Å². The molecule has 1 unspecified atom stereocenters. The summed E-state index contributed by atoms with van der Waals surface area (Å²) < 4.78 is 12.9. The Morgan fingerprint density at radius 1 is 1.43 bits per heavy atom. The molecule has 74 valence electrons. The first-order chi connectivity index (χ1) is 6.59. The van der Waals surface area contributed by atoms with Gasteiger partial charge in [-0.15, -0.1) is 0 Å². The number of fused-ring (bicyclic) bond motifs is 1. The Morgan fingerprint density at radius 2 is 2.14 bits per heavy atom. The topological polar surface area (TPSA) is 41.8 Å². The molecule has 1 aromatic carbocycles. The summed E-state index contributed by atoms with van der Waals surface area (Å²) in [5, 5.41) is 1.04. The number of benzene rings is 1. The second kappa shape index (κ2) is 3.10. The summed E-state index contributed by atoms with van der Waals surface area (Å²) in [6.45, 7) is 3.91. The van der Waals surface area contributed by atoms with Crippen LogP contribution in [0.2, 0.25) is 0 Å². The van der Waals surface area contributed by atoms with Crippen molar-refractivity contribution >= 4 is 10.9 Å². The van der Waals surface area contributed by atoms with Crippen LogP contribution in [0.25, 0.3) is 10.9 Å². The van der Waals surface area contributed by atoms with Gasteiger partial charge in [0.05, 0.1) is 0 Å². The molecule has 2 rings (SSSR count). The van der Waals surface area contributed by atoms with Crippen molar-refractivity contribution in [1.29, 1.82) is 0 Å². The maximum absolute atomic E-state index is 12.9. The van der Waals surface area contributed by atoms with Gasteiger partial charge in [-0.2, -0.15) is 0 Å². The predicted octanol–water partition coefficient (Wildman–Crippen LogP) is 2.64. The third kappa shape index (κ3) is 1.30. The Bertz CT molecular complexity index is 471. The van der Waals surface area contributed by atoms with Crippen LogP contribution in [0.15, 0.2) is 18.2 Å². The van der Waals surface area contributed by atoms with Gasteiger partial charge in [-0.1, -0.05) is 0 Å². The van der Waals surface area contributed by atoms with E-state index in [0.717, 1.165) is 22.2 Å². The quantitative estimate of drug-likeness (QED) is 0.716. The third-order valence-corrected chi connectivity index (χ3v) is 2.51. The van der Waals surface area contributed by atoms with E-state index < -0.39 is 0 Å². The molecular weight excluding hydrogens is 179 g/mol. The standard InChI is InChI=1S/C11H13FN2/c1-6-9-4-3-8(12)5-10(9)14-11(6)7(2)13/h3-5,7,14H,13H2,1-2H3. The van der Waals surface area contributed by atoms with Crippen molar-refractivity contribution in [3.63, 3.8) is 0 Å². The molecule has 0 radical (unpaired) electrons. The molecule has 0 saturated carbocycles. The zero-order chi connectivity index (χ0) is 10.3. The number of H-pyrrole nitrogens is 1. The largest absolute Gasteiger partial charge is 0.357 e. The van der Waals surface area contributed by atoms with E-state index in [9.17, 15) is 4.39 Å². The van der Waals surface area contributed by atoms with Crippen LogP contribution in [0.4, 0.5) is 4.39 Å². The normalized spacial score (nSPS) is 13.4. The Labute approximate surface area is 81.9 Å². The maximum Gasteiger partial charge on any atom is 0.125 e. The summed E-state index contributed by atoms with van der Waals surface area (Å²) >= 11 is 0. The fourth-order valence-electron chi connectivity index (χ4n) is 1.79. The fraction of sp³-hybridized carbons (Fsp3) is 0.273. The monoisotopic (exact) mass is 192 g/mol. The summed E-state index contributed by atoms with van der Waals surface area (Å²) in [4.78, 5) is 3.14. The molecule has 1 atom stereocenters. The van der Waals surface area contributed by atoms with Crippen LogP contribution in [0, 0.1) is 12.7 Å². The Balaban J connectivity index is 2.73. The van der Waals surface area contributed by atoms with Crippen LogP contribution in [0.5, 0.6) is 0 Å². The molecule has 14 heavy (non-hydrogen) atoms. The van der Waals surface area contributed by atoms with Crippen molar-refractivity contribution < 1.29 is 4.39 Å². The molecule has 2 nitrogen and oxygen atoms in total. The van der Waals surface area contributed by atoms with E-state index in [2.05, 4.69) is 4.98 Å². The van der Waals surface area contributed by atoms with Gasteiger partial charge < -0.3 is 10.7 Å². The van der Waals surface area contributed by atoms with Gasteiger partial charge in [0.1, 0.15) is 5.82 Å². The van der Waals surface area contributed by atoms with E-state index in [-0.39, 0.29) is 11.9 Å². The van der Waals surface area contributed by atoms with Gasteiger partial charge in [0, 0.05) is 22.6 Å². The number of hydrogen-bond acceptors (Lipinski definition) is 1. The highest BCUT2D eigenvalue weighted by molar-refractivity contribution is 5.84. The average Bonchev–Trinajstić information content (AvgIpc) is 2.43. The van der Waals surface area contributed by atoms with Crippen LogP contribution in [0.1, 0.15) is 24.2 Å². The minimum absolute atomic E-state index is 0.0505. The van der Waals surface area contributed by atoms with Crippen molar-refractivity contribution in [2.45, 2.75) is 19.9 Å². The number of aryl methyl sites for hydroxylation is 1. The van der Waals surface area contributed by atoms with Crippen molar-refractivity contribution in [1.82, 2.24) is 4.98 Å². The third-order valence-electron chi connectivity index (χ3n) is 2.51. The van der Waals surface area contributed by atoms with Crippen LogP contribution in [-0.4, -0.2) is 4.98 Å². The molecule has 0 amide bonds. The smallest absolute Gasteiger partial charge is 0.125 e. The minimum Gasteiger partial charge on any atom is -0.357 e. The molecule has 3 heteroatoms. The SMILES string of the molecule is Cc1c(C(C)N)[nH]c2cc(F)ccc12. The number of hydrogen-bond donors (Lipinski definition) is 2. The van der Waals surface area contributed by atoms with E-state index in [4.69, 9.17) is 5.73 Å². The van der Waals surface area contributed by atoms with E-state index in [1.165, 1.54) is 12.1 Å². The van der Waals surface area contributed by atoms with Crippen LogP contribution < -0.4 is 5.73 Å². The summed E-state index contributed by atoms with van der Waals surface area (Å²) in [5.41, 5.74) is 8.69. The number of rotatable bonds is 1. The van der Waals surface area contributed by atoms with Crippen LogP contribution >= 0.6 is 0 Å². The molecule has 0 aliphatic rings. The van der Waals surface area contributed by atoms with E-state index in [0.29, 0.717) is 0 Å². The average molecular weight is 192 g/mol. The maximum atomic E-state index is 12.9. The highest BCUT2D eigenvalue weighted by Gasteiger charge is 2.10. The number of nitrogens with two attached hydrogens (primary N) is 1. The number of nitrogens with one attached hydrogen (secondary N) is 1. The van der Waals surface area contributed by atoms with Gasteiger partial charge in [0.25, 0.3) is 0 Å². The highest BCUT2D eigenvalue weighted by atomic mass is 19.1. The van der Waals surface area contributed by atoms with Gasteiger partial charge in [0.15, 0.2) is 0 Å². The van der Waals surface area contributed by atoms with Crippen molar-refractivity contribution in [3.8, 4) is 0 Å². The van der Waals surface area contributed by atoms with Gasteiger partial charge in [-0.25, -0.2) is 4.39 Å². The van der Waals surface area contributed by atoms with E-state index >= 15 is 0 Å². The lowest BCUT2D eigenvalue weighted by Crippen LogP contribution is -2.06. The number of halogens is 1. The molecule has 1 heterocycles. The van der Waals surface area contributed by atoms with Gasteiger partial charge in [-0.05, 0) is 37.6 Å². The molecule has 0 saturated heterocycles. The minimum atomic E-state index is -0.227. The van der Waals surface area contributed by atoms with Gasteiger partial charge >= 0.3 is 0 Å². The second-order valence-electron chi connectivity index (χ2n) is 3.64. The Hall–Kier alpha value is -1.35. The molecule has 0 aliphatic carbocycles. The first kappa shape index (κ1) is 9.21. The second-order valence-corrected chi connectivity index (χ2v) is 3.64. The van der Waals surface area contributed by atoms with Crippen molar-refractivity contribution in [2.75, 3.05) is 0 Å². The molecule has 0 fully saturated rings. The summed E-state index contributed by atoms with van der Waals surface area (Å²) in [6.07, 6.45) is 0. The van der Waals surface area contributed by atoms with Crippen LogP contribution in [0.3, 0.4) is 0 Å². The number of aromatic amines is 1. The van der Waals surface area contributed by atoms with Crippen LogP contribution in [-0.2, 0) is 0 Å².